The van der Waals surface area contributed by atoms with Gasteiger partial charge in [0.05, 0.1) is 0 Å². The van der Waals surface area contributed by atoms with Gasteiger partial charge in [-0.05, 0) is 31.1 Å². The summed E-state index contributed by atoms with van der Waals surface area (Å²) in [5.41, 5.74) is 4.41. The van der Waals surface area contributed by atoms with Gasteiger partial charge in [-0.25, -0.2) is 0 Å². The first-order valence-corrected chi connectivity index (χ1v) is 4.33. The van der Waals surface area contributed by atoms with Crippen molar-refractivity contribution in [1.29, 1.82) is 0 Å². The summed E-state index contributed by atoms with van der Waals surface area (Å²) in [6.45, 7) is 11.8. The molecule has 1 nitrogen and oxygen atoms in total. The zero-order valence-electron chi connectivity index (χ0n) is 8.22. The third-order valence-corrected chi connectivity index (χ3v) is 2.16. The summed E-state index contributed by atoms with van der Waals surface area (Å²) >= 11 is 0. The van der Waals surface area contributed by atoms with Crippen molar-refractivity contribution in [2.45, 2.75) is 13.8 Å². The van der Waals surface area contributed by atoms with Crippen LogP contribution in [0.15, 0.2) is 43.1 Å². The Morgan fingerprint density at radius 3 is 2.62 bits per heavy atom. The molecular weight excluding hydrogens is 158 g/mol. The molecule has 1 aromatic heterocycles. The molecule has 0 aromatic carbocycles. The van der Waals surface area contributed by atoms with Gasteiger partial charge in [-0.3, -0.25) is 0 Å². The maximum atomic E-state index is 4.04. The van der Waals surface area contributed by atoms with Gasteiger partial charge in [0.15, 0.2) is 0 Å². The molecule has 1 heterocycles. The van der Waals surface area contributed by atoms with E-state index in [0.29, 0.717) is 0 Å². The predicted octanol–water partition coefficient (Wildman–Crippen LogP) is 3.47. The Kier molecular flexibility index (Phi) is 2.91. The molecule has 0 unspecified atom stereocenters. The molecule has 1 rings (SSSR count). The largest absolute Gasteiger partial charge is 0.365 e. The van der Waals surface area contributed by atoms with Crippen LogP contribution in [0, 0.1) is 6.92 Å². The van der Waals surface area contributed by atoms with Crippen LogP contribution in [0.25, 0.3) is 5.57 Å². The van der Waals surface area contributed by atoms with Crippen LogP contribution in [0.2, 0.25) is 0 Å². The van der Waals surface area contributed by atoms with Crippen molar-refractivity contribution in [1.82, 2.24) is 4.98 Å². The minimum absolute atomic E-state index is 1.02. The smallest absolute Gasteiger partial charge is 0.0195 e. The van der Waals surface area contributed by atoms with Gasteiger partial charge < -0.3 is 4.98 Å². The molecule has 1 N–H and O–H groups in total. The van der Waals surface area contributed by atoms with Crippen LogP contribution in [0.4, 0.5) is 0 Å². The second-order valence-electron chi connectivity index (χ2n) is 2.94. The number of aromatic amines is 1. The number of nitrogens with one attached hydrogen (secondary N) is 1. The third-order valence-electron chi connectivity index (χ3n) is 2.16. The highest BCUT2D eigenvalue weighted by molar-refractivity contribution is 5.80. The molecule has 13 heavy (non-hydrogen) atoms. The number of rotatable bonds is 3. The fraction of sp³-hybridized carbons (Fsp3) is 0.167. The van der Waals surface area contributed by atoms with E-state index < -0.39 is 0 Å². The summed E-state index contributed by atoms with van der Waals surface area (Å²) in [5.74, 6) is 0. The van der Waals surface area contributed by atoms with Gasteiger partial charge >= 0.3 is 0 Å². The highest BCUT2D eigenvalue weighted by Crippen LogP contribution is 2.23. The first-order valence-electron chi connectivity index (χ1n) is 4.33. The molecule has 0 saturated heterocycles. The van der Waals surface area contributed by atoms with Crippen molar-refractivity contribution in [3.63, 3.8) is 0 Å². The van der Waals surface area contributed by atoms with E-state index in [0.717, 1.165) is 22.4 Å². The summed E-state index contributed by atoms with van der Waals surface area (Å²) in [5, 5.41) is 0. The van der Waals surface area contributed by atoms with Crippen molar-refractivity contribution in [3.05, 3.63) is 54.4 Å². The van der Waals surface area contributed by atoms with Gasteiger partial charge in [-0.1, -0.05) is 25.3 Å². The minimum atomic E-state index is 1.02. The first-order chi connectivity index (χ1) is 6.20. The van der Waals surface area contributed by atoms with E-state index >= 15 is 0 Å². The minimum Gasteiger partial charge on any atom is -0.365 e. The SMILES string of the molecule is C=C/C(=C\C)C(=C)c1cc[nH]c1C. The molecule has 0 aliphatic rings. The van der Waals surface area contributed by atoms with Crippen LogP contribution in [-0.4, -0.2) is 4.98 Å². The highest BCUT2D eigenvalue weighted by atomic mass is 14.7. The Bertz CT molecular complexity index is 353. The van der Waals surface area contributed by atoms with Gasteiger partial charge in [0, 0.05) is 17.5 Å². The van der Waals surface area contributed by atoms with E-state index in [2.05, 4.69) is 18.1 Å². The molecule has 68 valence electrons. The van der Waals surface area contributed by atoms with Crippen molar-refractivity contribution < 1.29 is 0 Å². The molecule has 0 spiro atoms. The number of aryl methyl sites for hydroxylation is 1. The maximum Gasteiger partial charge on any atom is 0.0195 e. The fourth-order valence-electron chi connectivity index (χ4n) is 1.35. The average molecular weight is 173 g/mol. The molecule has 1 aromatic rings. The Morgan fingerprint density at radius 2 is 2.23 bits per heavy atom. The Morgan fingerprint density at radius 1 is 1.54 bits per heavy atom. The number of hydrogen-bond donors (Lipinski definition) is 1. The van der Waals surface area contributed by atoms with Gasteiger partial charge in [0.2, 0.25) is 0 Å². The predicted molar refractivity (Wildman–Crippen MR) is 58.5 cm³/mol. The van der Waals surface area contributed by atoms with E-state index in [1.54, 1.807) is 0 Å². The molecule has 0 fully saturated rings. The number of hydrogen-bond acceptors (Lipinski definition) is 0. The quantitative estimate of drug-likeness (QED) is 0.674. The average Bonchev–Trinajstić information content (AvgIpc) is 2.53. The Hall–Kier alpha value is -1.50. The van der Waals surface area contributed by atoms with Crippen LogP contribution < -0.4 is 0 Å². The van der Waals surface area contributed by atoms with E-state index in [1.165, 1.54) is 0 Å². The second-order valence-corrected chi connectivity index (χ2v) is 2.94. The molecule has 1 heteroatoms. The van der Waals surface area contributed by atoms with E-state index in [1.807, 2.05) is 38.3 Å². The van der Waals surface area contributed by atoms with Crippen LogP contribution in [0.1, 0.15) is 18.2 Å². The van der Waals surface area contributed by atoms with Crippen molar-refractivity contribution >= 4 is 5.57 Å². The van der Waals surface area contributed by atoms with Crippen LogP contribution in [0.5, 0.6) is 0 Å². The van der Waals surface area contributed by atoms with E-state index in [4.69, 9.17) is 0 Å². The second kappa shape index (κ2) is 3.94. The standard InChI is InChI=1S/C12H15N/c1-5-11(6-2)9(3)12-7-8-13-10(12)4/h5-8,13H,1,3H2,2,4H3/b11-6+. The summed E-state index contributed by atoms with van der Waals surface area (Å²) in [7, 11) is 0. The number of H-pyrrole nitrogens is 1. The lowest BCUT2D eigenvalue weighted by Crippen LogP contribution is -1.86. The zero-order valence-corrected chi connectivity index (χ0v) is 8.22. The van der Waals surface area contributed by atoms with Crippen molar-refractivity contribution in [2.24, 2.45) is 0 Å². The lowest BCUT2D eigenvalue weighted by Gasteiger charge is -2.05. The maximum absolute atomic E-state index is 4.04. The van der Waals surface area contributed by atoms with E-state index in [9.17, 15) is 0 Å². The Balaban J connectivity index is 3.05. The third kappa shape index (κ3) is 1.81. The van der Waals surface area contributed by atoms with Gasteiger partial charge in [0.25, 0.3) is 0 Å². The number of allylic oxidation sites excluding steroid dienone is 4. The van der Waals surface area contributed by atoms with Crippen LogP contribution in [-0.2, 0) is 0 Å². The van der Waals surface area contributed by atoms with E-state index in [-0.39, 0.29) is 0 Å². The van der Waals surface area contributed by atoms with Crippen LogP contribution in [0.3, 0.4) is 0 Å². The molecule has 0 saturated carbocycles. The number of aromatic nitrogens is 1. The molecule has 0 amide bonds. The lowest BCUT2D eigenvalue weighted by atomic mass is 10.00. The van der Waals surface area contributed by atoms with Gasteiger partial charge in [-0.15, -0.1) is 0 Å². The Labute approximate surface area is 79.5 Å². The summed E-state index contributed by atoms with van der Waals surface area (Å²) in [6.07, 6.45) is 5.77. The summed E-state index contributed by atoms with van der Waals surface area (Å²) in [4.78, 5) is 3.13. The zero-order chi connectivity index (χ0) is 9.84. The topological polar surface area (TPSA) is 15.8 Å². The van der Waals surface area contributed by atoms with Crippen molar-refractivity contribution in [2.75, 3.05) is 0 Å². The summed E-state index contributed by atoms with van der Waals surface area (Å²) < 4.78 is 0. The molecular formula is C12H15N. The molecule has 0 atom stereocenters. The normalized spacial score (nSPS) is 11.4. The van der Waals surface area contributed by atoms with Crippen LogP contribution >= 0.6 is 0 Å². The monoisotopic (exact) mass is 173 g/mol. The molecule has 0 aliphatic heterocycles. The highest BCUT2D eigenvalue weighted by Gasteiger charge is 2.04. The first kappa shape index (κ1) is 9.59. The van der Waals surface area contributed by atoms with Gasteiger partial charge in [0.1, 0.15) is 0 Å². The van der Waals surface area contributed by atoms with Crippen molar-refractivity contribution in [3.8, 4) is 0 Å². The fourth-order valence-corrected chi connectivity index (χ4v) is 1.35. The molecule has 0 aliphatic carbocycles. The summed E-state index contributed by atoms with van der Waals surface area (Å²) in [6, 6.07) is 2.03. The molecule has 0 bridgehead atoms. The molecule has 0 radical (unpaired) electrons. The lowest BCUT2D eigenvalue weighted by molar-refractivity contribution is 1.25. The van der Waals surface area contributed by atoms with Gasteiger partial charge in [-0.2, -0.15) is 0 Å².